The summed E-state index contributed by atoms with van der Waals surface area (Å²) in [6, 6.07) is 9.34. The van der Waals surface area contributed by atoms with Gasteiger partial charge in [0.2, 0.25) is 0 Å². The molecule has 4 heteroatoms. The van der Waals surface area contributed by atoms with Crippen LogP contribution in [0.25, 0.3) is 10.4 Å². The molecule has 0 bridgehead atoms. The molecule has 0 amide bonds. The van der Waals surface area contributed by atoms with Gasteiger partial charge >= 0.3 is 5.95 Å². The highest BCUT2D eigenvalue weighted by molar-refractivity contribution is 7.09. The second-order valence-corrected chi connectivity index (χ2v) is 2.98. The van der Waals surface area contributed by atoms with Crippen molar-refractivity contribution in [3.63, 3.8) is 0 Å². The smallest absolute Gasteiger partial charge is 0.301 e. The van der Waals surface area contributed by atoms with Crippen molar-refractivity contribution in [3.8, 4) is 16.4 Å². The highest BCUT2D eigenvalue weighted by Gasteiger charge is 2.10. The van der Waals surface area contributed by atoms with Crippen LogP contribution < -0.4 is 5.11 Å². The highest BCUT2D eigenvalue weighted by Crippen LogP contribution is 2.29. The van der Waals surface area contributed by atoms with Crippen LogP contribution >= 0.6 is 11.5 Å². The lowest BCUT2D eigenvalue weighted by atomic mass is 10.2. The van der Waals surface area contributed by atoms with Crippen molar-refractivity contribution in [2.24, 2.45) is 0 Å². The van der Waals surface area contributed by atoms with E-state index in [1.807, 2.05) is 30.3 Å². The molecule has 0 N–H and O–H groups in total. The lowest BCUT2D eigenvalue weighted by molar-refractivity contribution is -0.296. The van der Waals surface area contributed by atoms with E-state index in [1.165, 1.54) is 0 Å². The molecule has 0 unspecified atom stereocenters. The van der Waals surface area contributed by atoms with E-state index in [0.717, 1.165) is 17.1 Å². The molecule has 60 valence electrons. The first-order chi connectivity index (χ1) is 5.88. The summed E-state index contributed by atoms with van der Waals surface area (Å²) in [7, 11) is 0. The maximum absolute atomic E-state index is 11.0. The van der Waals surface area contributed by atoms with E-state index in [2.05, 4.69) is 9.07 Å². The van der Waals surface area contributed by atoms with Crippen LogP contribution in [0, 0.1) is 0 Å². The first-order valence-corrected chi connectivity index (χ1v) is 4.16. The lowest BCUT2D eigenvalue weighted by Gasteiger charge is -1.91. The minimum atomic E-state index is -0.369. The molecule has 0 radical (unpaired) electrons. The molecule has 0 atom stereocenters. The van der Waals surface area contributed by atoms with Gasteiger partial charge in [-0.1, -0.05) is 30.3 Å². The third-order valence-electron chi connectivity index (χ3n) is 1.47. The van der Waals surface area contributed by atoms with Crippen LogP contribution in [0.2, 0.25) is 0 Å². The molecular formula is C8H5NO2S. The van der Waals surface area contributed by atoms with Crippen molar-refractivity contribution in [2.45, 2.75) is 0 Å². The van der Waals surface area contributed by atoms with Crippen LogP contribution in [0.5, 0.6) is 5.95 Å². The maximum atomic E-state index is 11.0. The van der Waals surface area contributed by atoms with E-state index in [9.17, 15) is 5.11 Å². The van der Waals surface area contributed by atoms with E-state index < -0.39 is 0 Å². The highest BCUT2D eigenvalue weighted by atomic mass is 32.1. The van der Waals surface area contributed by atoms with Gasteiger partial charge in [-0.15, -0.1) is 0 Å². The predicted molar refractivity (Wildman–Crippen MR) is 43.7 cm³/mol. The van der Waals surface area contributed by atoms with Crippen molar-refractivity contribution in [2.75, 3.05) is 0 Å². The van der Waals surface area contributed by atoms with E-state index in [-0.39, 0.29) is 5.95 Å². The topological polar surface area (TPSA) is 47.2 Å². The Morgan fingerprint density at radius 3 is 2.58 bits per heavy atom. The summed E-state index contributed by atoms with van der Waals surface area (Å²) < 4.78 is 7.88. The summed E-state index contributed by atoms with van der Waals surface area (Å²) in [4.78, 5) is 0.551. The molecule has 0 saturated heterocycles. The van der Waals surface area contributed by atoms with Gasteiger partial charge in [-0.3, -0.25) is 0 Å². The molecule has 0 aliphatic carbocycles. The first-order valence-electron chi connectivity index (χ1n) is 3.39. The predicted octanol–water partition coefficient (Wildman–Crippen LogP) is 1.76. The van der Waals surface area contributed by atoms with Gasteiger partial charge in [-0.2, -0.15) is 0 Å². The molecule has 1 heterocycles. The van der Waals surface area contributed by atoms with Gasteiger partial charge in [0.25, 0.3) is 0 Å². The monoisotopic (exact) mass is 179 g/mol. The summed E-state index contributed by atoms with van der Waals surface area (Å²) in [6.45, 7) is 0. The van der Waals surface area contributed by atoms with Crippen molar-refractivity contribution in [3.05, 3.63) is 30.3 Å². The van der Waals surface area contributed by atoms with Gasteiger partial charge in [-0.25, -0.2) is 5.11 Å². The van der Waals surface area contributed by atoms with Gasteiger partial charge < -0.3 is 4.52 Å². The van der Waals surface area contributed by atoms with Crippen LogP contribution in [0.4, 0.5) is 0 Å². The van der Waals surface area contributed by atoms with Crippen LogP contribution in [-0.2, 0) is 0 Å². The fourth-order valence-corrected chi connectivity index (χ4v) is 1.46. The number of benzene rings is 1. The number of hydrogen-bond donors (Lipinski definition) is 0. The van der Waals surface area contributed by atoms with Crippen molar-refractivity contribution < 1.29 is 9.63 Å². The quantitative estimate of drug-likeness (QED) is 0.626. The molecule has 0 fully saturated rings. The Labute approximate surface area is 73.0 Å². The summed E-state index contributed by atoms with van der Waals surface area (Å²) >= 11 is 1.07. The third-order valence-corrected chi connectivity index (χ3v) is 2.20. The fourth-order valence-electron chi connectivity index (χ4n) is 0.929. The largest absolute Gasteiger partial charge is 0.379 e. The summed E-state index contributed by atoms with van der Waals surface area (Å²) in [5.41, 5.74) is 0.855. The third kappa shape index (κ3) is 1.16. The molecule has 2 rings (SSSR count). The Bertz CT molecular complexity index is 372. The van der Waals surface area contributed by atoms with E-state index in [0.29, 0.717) is 4.88 Å². The van der Waals surface area contributed by atoms with Gasteiger partial charge in [0.05, 0.1) is 0 Å². The summed E-state index contributed by atoms with van der Waals surface area (Å²) in [5, 5.41) is 11.0. The SMILES string of the molecule is [O-]c1[o+]nsc1-c1ccccc1. The molecule has 2 aromatic rings. The van der Waals surface area contributed by atoms with Crippen LogP contribution in [0.15, 0.2) is 34.9 Å². The fraction of sp³-hybridized carbons (Fsp3) is 0. The van der Waals surface area contributed by atoms with Crippen molar-refractivity contribution in [1.29, 1.82) is 0 Å². The zero-order chi connectivity index (χ0) is 8.39. The average Bonchev–Trinajstić information content (AvgIpc) is 2.53. The minimum absolute atomic E-state index is 0.369. The Morgan fingerprint density at radius 2 is 2.00 bits per heavy atom. The van der Waals surface area contributed by atoms with Gasteiger partial charge in [0.1, 0.15) is 4.88 Å². The minimum Gasteiger partial charge on any atom is -0.301 e. The normalized spacial score (nSPS) is 10.0. The number of aromatic nitrogens is 1. The summed E-state index contributed by atoms with van der Waals surface area (Å²) in [5.74, 6) is -0.369. The zero-order valence-electron chi connectivity index (χ0n) is 6.06. The van der Waals surface area contributed by atoms with Crippen LogP contribution in [0.3, 0.4) is 0 Å². The van der Waals surface area contributed by atoms with E-state index in [1.54, 1.807) is 0 Å². The molecule has 3 nitrogen and oxygen atoms in total. The zero-order valence-corrected chi connectivity index (χ0v) is 6.88. The van der Waals surface area contributed by atoms with Gasteiger partial charge in [0.15, 0.2) is 0 Å². The van der Waals surface area contributed by atoms with E-state index in [4.69, 9.17) is 0 Å². The average molecular weight is 179 g/mol. The number of nitrogens with zero attached hydrogens (tertiary/aromatic N) is 1. The standard InChI is InChI=1S/C8H5NO2S/c10-8-7(12-9-11-8)6-4-2-1-3-5-6/h1-5H. The molecule has 1 aromatic carbocycles. The van der Waals surface area contributed by atoms with Crippen molar-refractivity contribution in [1.82, 2.24) is 4.55 Å². The Morgan fingerprint density at radius 1 is 1.25 bits per heavy atom. The molecule has 12 heavy (non-hydrogen) atoms. The molecule has 0 aliphatic rings. The first kappa shape index (κ1) is 7.24. The number of hydrogen-bond acceptors (Lipinski definition) is 3. The lowest BCUT2D eigenvalue weighted by Crippen LogP contribution is -1.87. The van der Waals surface area contributed by atoms with Crippen molar-refractivity contribution >= 4 is 11.5 Å². The maximum Gasteiger partial charge on any atom is 0.379 e. The molecule has 0 spiro atoms. The second-order valence-electron chi connectivity index (χ2n) is 2.24. The van der Waals surface area contributed by atoms with Crippen LogP contribution in [0.1, 0.15) is 0 Å². The molecule has 0 aliphatic heterocycles. The number of rotatable bonds is 1. The van der Waals surface area contributed by atoms with E-state index >= 15 is 0 Å². The molecule has 1 aromatic heterocycles. The molecule has 0 saturated carbocycles. The van der Waals surface area contributed by atoms with Crippen LogP contribution in [-0.4, -0.2) is 4.55 Å². The Hall–Kier alpha value is -1.42. The van der Waals surface area contributed by atoms with Gasteiger partial charge in [0, 0.05) is 17.1 Å². The Balaban J connectivity index is 2.51. The molecular weight excluding hydrogens is 174 g/mol. The Kier molecular flexibility index (Phi) is 1.75. The van der Waals surface area contributed by atoms with Gasteiger partial charge in [-0.05, 0) is 4.55 Å². The summed E-state index contributed by atoms with van der Waals surface area (Å²) in [6.07, 6.45) is 0. The second kappa shape index (κ2) is 2.91.